The first-order chi connectivity index (χ1) is 16.0. The molecule has 0 spiro atoms. The molecule has 2 amide bonds. The van der Waals surface area contributed by atoms with Gasteiger partial charge in [-0.25, -0.2) is 0 Å². The van der Waals surface area contributed by atoms with E-state index in [-0.39, 0.29) is 17.9 Å². The molecule has 170 valence electrons. The van der Waals surface area contributed by atoms with Crippen molar-refractivity contribution < 1.29 is 19.1 Å². The number of hydrogen-bond donors (Lipinski definition) is 1. The number of nitrogens with zero attached hydrogens (tertiary/aromatic N) is 1. The minimum atomic E-state index is -0.235. The highest BCUT2D eigenvalue weighted by Crippen LogP contribution is 2.41. The zero-order valence-electron chi connectivity index (χ0n) is 19.1. The Kier molecular flexibility index (Phi) is 6.63. The van der Waals surface area contributed by atoms with Crippen LogP contribution in [-0.2, 0) is 17.8 Å². The van der Waals surface area contributed by atoms with Crippen molar-refractivity contribution in [1.82, 2.24) is 10.2 Å². The molecule has 6 heteroatoms. The Hall–Kier alpha value is -3.80. The van der Waals surface area contributed by atoms with E-state index in [1.54, 1.807) is 14.2 Å². The lowest BCUT2D eigenvalue weighted by atomic mass is 9.87. The van der Waals surface area contributed by atoms with Crippen molar-refractivity contribution in [3.05, 3.63) is 94.5 Å². The molecule has 0 aromatic heterocycles. The van der Waals surface area contributed by atoms with E-state index in [0.717, 1.165) is 28.7 Å². The first-order valence-electron chi connectivity index (χ1n) is 11.0. The predicted octanol–water partition coefficient (Wildman–Crippen LogP) is 4.13. The summed E-state index contributed by atoms with van der Waals surface area (Å²) in [4.78, 5) is 26.7. The molecular weight excluding hydrogens is 416 g/mol. The summed E-state index contributed by atoms with van der Waals surface area (Å²) < 4.78 is 11.1. The lowest BCUT2D eigenvalue weighted by molar-refractivity contribution is -0.119. The van der Waals surface area contributed by atoms with Gasteiger partial charge in [0.05, 0.1) is 20.3 Å². The van der Waals surface area contributed by atoms with E-state index in [9.17, 15) is 9.59 Å². The normalized spacial score (nSPS) is 14.9. The number of nitrogens with one attached hydrogen (secondary N) is 1. The van der Waals surface area contributed by atoms with Crippen LogP contribution in [0.2, 0.25) is 0 Å². The molecule has 3 aromatic carbocycles. The van der Waals surface area contributed by atoms with Gasteiger partial charge in [0.25, 0.3) is 5.91 Å². The number of amides is 2. The van der Waals surface area contributed by atoms with E-state index in [1.165, 1.54) is 6.92 Å². The summed E-state index contributed by atoms with van der Waals surface area (Å²) in [7, 11) is 3.25. The number of methoxy groups -OCH3 is 2. The number of carbonyl (C=O) groups is 2. The highest BCUT2D eigenvalue weighted by molar-refractivity contribution is 5.95. The van der Waals surface area contributed by atoms with Crippen LogP contribution in [0.4, 0.5) is 0 Å². The molecule has 0 fully saturated rings. The topological polar surface area (TPSA) is 67.9 Å². The largest absolute Gasteiger partial charge is 0.493 e. The maximum absolute atomic E-state index is 13.6. The molecule has 1 atom stereocenters. The lowest BCUT2D eigenvalue weighted by Gasteiger charge is -2.38. The fraction of sp³-hybridized carbons (Fsp3) is 0.259. The molecule has 1 aliphatic heterocycles. The summed E-state index contributed by atoms with van der Waals surface area (Å²) in [6.45, 7) is 2.52. The SMILES string of the molecule is COc1cc2c(cc1OC)C(c1ccccc1)N(C(=O)c1ccc(CNC(C)=O)cc1)CC2. The monoisotopic (exact) mass is 444 g/mol. The maximum atomic E-state index is 13.6. The second-order valence-electron chi connectivity index (χ2n) is 8.07. The van der Waals surface area contributed by atoms with Gasteiger partial charge < -0.3 is 19.7 Å². The molecule has 4 rings (SSSR count). The molecule has 0 radical (unpaired) electrons. The standard InChI is InChI=1S/C27H28N2O4/c1-18(30)28-17-19-9-11-21(12-10-19)27(31)29-14-13-22-15-24(32-2)25(33-3)16-23(22)26(29)20-7-5-4-6-8-20/h4-12,15-16,26H,13-14,17H2,1-3H3,(H,28,30). The van der Waals surface area contributed by atoms with E-state index in [2.05, 4.69) is 5.32 Å². The fourth-order valence-electron chi connectivity index (χ4n) is 4.32. The van der Waals surface area contributed by atoms with Crippen molar-refractivity contribution in [2.75, 3.05) is 20.8 Å². The number of benzene rings is 3. The Labute approximate surface area is 194 Å². The molecule has 1 unspecified atom stereocenters. The highest BCUT2D eigenvalue weighted by atomic mass is 16.5. The Morgan fingerprint density at radius 2 is 1.64 bits per heavy atom. The molecule has 0 saturated heterocycles. The summed E-state index contributed by atoms with van der Waals surface area (Å²) in [5, 5.41) is 2.78. The molecule has 1 N–H and O–H groups in total. The Balaban J connectivity index is 1.70. The molecule has 0 bridgehead atoms. The Morgan fingerprint density at radius 1 is 0.970 bits per heavy atom. The summed E-state index contributed by atoms with van der Waals surface area (Å²) in [6, 6.07) is 21.2. The van der Waals surface area contributed by atoms with E-state index in [4.69, 9.17) is 9.47 Å². The number of ether oxygens (including phenoxy) is 2. The van der Waals surface area contributed by atoms with Gasteiger partial charge in [-0.1, -0.05) is 42.5 Å². The molecular formula is C27H28N2O4. The van der Waals surface area contributed by atoms with Gasteiger partial charge in [-0.3, -0.25) is 9.59 Å². The fourth-order valence-corrected chi connectivity index (χ4v) is 4.32. The van der Waals surface area contributed by atoms with Gasteiger partial charge in [-0.15, -0.1) is 0 Å². The van der Waals surface area contributed by atoms with Crippen LogP contribution in [-0.4, -0.2) is 37.5 Å². The molecule has 0 aliphatic carbocycles. The summed E-state index contributed by atoms with van der Waals surface area (Å²) >= 11 is 0. The Bertz CT molecular complexity index is 1140. The van der Waals surface area contributed by atoms with Gasteiger partial charge in [-0.2, -0.15) is 0 Å². The van der Waals surface area contributed by atoms with Crippen LogP contribution >= 0.6 is 0 Å². The van der Waals surface area contributed by atoms with Crippen LogP contribution in [0.3, 0.4) is 0 Å². The van der Waals surface area contributed by atoms with Gasteiger partial charge in [0.15, 0.2) is 11.5 Å². The third kappa shape index (κ3) is 4.70. The summed E-state index contributed by atoms with van der Waals surface area (Å²) in [6.07, 6.45) is 0.728. The van der Waals surface area contributed by atoms with Crippen molar-refractivity contribution >= 4 is 11.8 Å². The third-order valence-corrected chi connectivity index (χ3v) is 5.99. The number of rotatable bonds is 6. The first kappa shape index (κ1) is 22.4. The van der Waals surface area contributed by atoms with Crippen molar-refractivity contribution in [2.24, 2.45) is 0 Å². The molecule has 3 aromatic rings. The van der Waals surface area contributed by atoms with Crippen molar-refractivity contribution in [3.8, 4) is 11.5 Å². The predicted molar refractivity (Wildman–Crippen MR) is 127 cm³/mol. The van der Waals surface area contributed by atoms with Crippen LogP contribution in [0, 0.1) is 0 Å². The summed E-state index contributed by atoms with van der Waals surface area (Å²) in [5.74, 6) is 1.22. The van der Waals surface area contributed by atoms with E-state index in [0.29, 0.717) is 30.2 Å². The van der Waals surface area contributed by atoms with E-state index >= 15 is 0 Å². The van der Waals surface area contributed by atoms with Crippen LogP contribution in [0.5, 0.6) is 11.5 Å². The van der Waals surface area contributed by atoms with Crippen LogP contribution in [0.25, 0.3) is 0 Å². The van der Waals surface area contributed by atoms with Gasteiger partial charge in [-0.05, 0) is 52.9 Å². The molecule has 6 nitrogen and oxygen atoms in total. The second-order valence-corrected chi connectivity index (χ2v) is 8.07. The molecule has 1 aliphatic rings. The van der Waals surface area contributed by atoms with E-state index in [1.807, 2.05) is 71.6 Å². The van der Waals surface area contributed by atoms with Gasteiger partial charge in [0.2, 0.25) is 5.91 Å². The average Bonchev–Trinajstić information content (AvgIpc) is 2.86. The molecule has 1 heterocycles. The highest BCUT2D eigenvalue weighted by Gasteiger charge is 2.33. The van der Waals surface area contributed by atoms with Gasteiger partial charge in [0.1, 0.15) is 0 Å². The molecule has 0 saturated carbocycles. The quantitative estimate of drug-likeness (QED) is 0.621. The van der Waals surface area contributed by atoms with Crippen LogP contribution < -0.4 is 14.8 Å². The maximum Gasteiger partial charge on any atom is 0.254 e. The molecule has 33 heavy (non-hydrogen) atoms. The number of carbonyl (C=O) groups excluding carboxylic acids is 2. The van der Waals surface area contributed by atoms with Gasteiger partial charge in [0, 0.05) is 25.6 Å². The second kappa shape index (κ2) is 9.77. The third-order valence-electron chi connectivity index (χ3n) is 5.99. The first-order valence-corrected chi connectivity index (χ1v) is 11.0. The van der Waals surface area contributed by atoms with Crippen molar-refractivity contribution in [2.45, 2.75) is 25.9 Å². The zero-order valence-corrected chi connectivity index (χ0v) is 19.1. The minimum Gasteiger partial charge on any atom is -0.493 e. The van der Waals surface area contributed by atoms with Crippen molar-refractivity contribution in [1.29, 1.82) is 0 Å². The number of fused-ring (bicyclic) bond motifs is 1. The minimum absolute atomic E-state index is 0.0321. The Morgan fingerprint density at radius 3 is 2.27 bits per heavy atom. The van der Waals surface area contributed by atoms with Crippen LogP contribution in [0.1, 0.15) is 45.6 Å². The van der Waals surface area contributed by atoms with Gasteiger partial charge >= 0.3 is 0 Å². The van der Waals surface area contributed by atoms with E-state index < -0.39 is 0 Å². The smallest absolute Gasteiger partial charge is 0.254 e. The lowest BCUT2D eigenvalue weighted by Crippen LogP contribution is -2.40. The van der Waals surface area contributed by atoms with Crippen molar-refractivity contribution in [3.63, 3.8) is 0 Å². The van der Waals surface area contributed by atoms with Crippen LogP contribution in [0.15, 0.2) is 66.7 Å². The zero-order chi connectivity index (χ0) is 23.4. The summed E-state index contributed by atoms with van der Waals surface area (Å²) in [5.41, 5.74) is 4.80. The number of hydrogen-bond acceptors (Lipinski definition) is 4. The average molecular weight is 445 g/mol.